The largest absolute Gasteiger partial charge is 0.481 e. The number of hydrogen-bond donors (Lipinski definition) is 1. The average molecular weight is 262 g/mol. The molecule has 0 aromatic heterocycles. The van der Waals surface area contributed by atoms with E-state index >= 15 is 0 Å². The number of aliphatic carboxylic acids is 1. The van der Waals surface area contributed by atoms with Crippen LogP contribution in [-0.4, -0.2) is 11.1 Å². The first kappa shape index (κ1) is 15.7. The lowest BCUT2D eigenvalue weighted by Crippen LogP contribution is -2.17. The number of carbonyl (C=O) groups is 1. The summed E-state index contributed by atoms with van der Waals surface area (Å²) in [5.74, 6) is -0.931. The van der Waals surface area contributed by atoms with Crippen molar-refractivity contribution in [3.8, 4) is 0 Å². The molecule has 1 aromatic rings. The summed E-state index contributed by atoms with van der Waals surface area (Å²) >= 11 is 0. The Bertz CT molecular complexity index is 398. The van der Waals surface area contributed by atoms with E-state index < -0.39 is 5.97 Å². The van der Waals surface area contributed by atoms with Crippen molar-refractivity contribution in [2.75, 3.05) is 0 Å². The second-order valence-electron chi connectivity index (χ2n) is 6.68. The normalized spacial score (nSPS) is 13.3. The quantitative estimate of drug-likeness (QED) is 0.822. The molecule has 0 spiro atoms. The second kappa shape index (κ2) is 6.74. The van der Waals surface area contributed by atoms with E-state index in [1.807, 2.05) is 31.2 Å². The third kappa shape index (κ3) is 6.42. The van der Waals surface area contributed by atoms with Gasteiger partial charge in [0.2, 0.25) is 0 Å². The molecule has 0 aliphatic heterocycles. The van der Waals surface area contributed by atoms with Crippen LogP contribution in [0.25, 0.3) is 0 Å². The highest BCUT2D eigenvalue weighted by molar-refractivity contribution is 5.70. The number of carboxylic acids is 1. The van der Waals surface area contributed by atoms with Gasteiger partial charge in [0.15, 0.2) is 0 Å². The van der Waals surface area contributed by atoms with Gasteiger partial charge in [-0.15, -0.1) is 0 Å². The van der Waals surface area contributed by atoms with Crippen molar-refractivity contribution < 1.29 is 9.90 Å². The molecular weight excluding hydrogens is 236 g/mol. The van der Waals surface area contributed by atoms with Gasteiger partial charge in [-0.25, -0.2) is 0 Å². The molecule has 0 heterocycles. The first-order valence-electron chi connectivity index (χ1n) is 7.06. The summed E-state index contributed by atoms with van der Waals surface area (Å²) in [5, 5.41) is 9.32. The van der Waals surface area contributed by atoms with E-state index in [9.17, 15) is 9.90 Å². The molecule has 0 aliphatic carbocycles. The van der Waals surface area contributed by atoms with Gasteiger partial charge in [-0.1, -0.05) is 57.0 Å². The number of rotatable bonds is 6. The Morgan fingerprint density at radius 3 is 2.26 bits per heavy atom. The van der Waals surface area contributed by atoms with Crippen LogP contribution in [0.4, 0.5) is 0 Å². The second-order valence-corrected chi connectivity index (χ2v) is 6.68. The fourth-order valence-corrected chi connectivity index (χ4v) is 2.20. The highest BCUT2D eigenvalue weighted by atomic mass is 16.4. The van der Waals surface area contributed by atoms with Crippen molar-refractivity contribution in [2.45, 2.75) is 53.4 Å². The highest BCUT2D eigenvalue weighted by Gasteiger charge is 2.19. The number of benzene rings is 1. The molecule has 0 saturated carbocycles. The maximum atomic E-state index is 11.3. The first-order chi connectivity index (χ1) is 8.78. The van der Waals surface area contributed by atoms with Gasteiger partial charge in [0.25, 0.3) is 0 Å². The van der Waals surface area contributed by atoms with Gasteiger partial charge in [-0.2, -0.15) is 0 Å². The predicted molar refractivity (Wildman–Crippen MR) is 79.3 cm³/mol. The van der Waals surface area contributed by atoms with Crippen molar-refractivity contribution in [1.82, 2.24) is 0 Å². The van der Waals surface area contributed by atoms with E-state index in [1.165, 1.54) is 5.56 Å². The van der Waals surface area contributed by atoms with Crippen molar-refractivity contribution in [1.29, 1.82) is 0 Å². The van der Waals surface area contributed by atoms with Crippen LogP contribution < -0.4 is 0 Å². The molecule has 0 aliphatic rings. The minimum Gasteiger partial charge on any atom is -0.481 e. The van der Waals surface area contributed by atoms with Crippen molar-refractivity contribution >= 4 is 5.97 Å². The lowest BCUT2D eigenvalue weighted by Gasteiger charge is -2.19. The van der Waals surface area contributed by atoms with Crippen molar-refractivity contribution in [3.05, 3.63) is 35.4 Å². The Morgan fingerprint density at radius 1 is 1.21 bits per heavy atom. The molecule has 1 atom stereocenters. The number of carboxylic acid groups (broad SMARTS) is 1. The molecule has 2 heteroatoms. The Hall–Kier alpha value is -1.31. The smallest absolute Gasteiger partial charge is 0.306 e. The maximum Gasteiger partial charge on any atom is 0.306 e. The van der Waals surface area contributed by atoms with Gasteiger partial charge in [0, 0.05) is 0 Å². The molecule has 0 radical (unpaired) electrons. The Kier molecular flexibility index (Phi) is 5.59. The van der Waals surface area contributed by atoms with Crippen LogP contribution in [0.15, 0.2) is 24.3 Å². The number of aryl methyl sites for hydroxylation is 1. The highest BCUT2D eigenvalue weighted by Crippen LogP contribution is 2.24. The Labute approximate surface area is 116 Å². The zero-order valence-corrected chi connectivity index (χ0v) is 12.6. The standard InChI is InChI=1S/C17H26O2/c1-13-7-9-14(10-8-13)12-15(16(18)19)6-5-11-17(2,3)4/h7-10,15H,5-6,11-12H2,1-4H3,(H,18,19). The molecule has 0 bridgehead atoms. The van der Waals surface area contributed by atoms with E-state index in [-0.39, 0.29) is 11.3 Å². The molecule has 1 unspecified atom stereocenters. The molecule has 106 valence electrons. The van der Waals surface area contributed by atoms with E-state index in [0.717, 1.165) is 24.8 Å². The average Bonchev–Trinajstić information content (AvgIpc) is 2.28. The molecule has 1 rings (SSSR count). The van der Waals surface area contributed by atoms with Gasteiger partial charge in [-0.05, 0) is 37.2 Å². The van der Waals surface area contributed by atoms with E-state index in [4.69, 9.17) is 0 Å². The van der Waals surface area contributed by atoms with Crippen LogP contribution in [-0.2, 0) is 11.2 Å². The van der Waals surface area contributed by atoms with Crippen LogP contribution >= 0.6 is 0 Å². The summed E-state index contributed by atoms with van der Waals surface area (Å²) in [6.07, 6.45) is 3.46. The van der Waals surface area contributed by atoms with Gasteiger partial charge in [0.05, 0.1) is 5.92 Å². The predicted octanol–water partition coefficient (Wildman–Crippen LogP) is 4.45. The van der Waals surface area contributed by atoms with Gasteiger partial charge in [0.1, 0.15) is 0 Å². The van der Waals surface area contributed by atoms with Crippen molar-refractivity contribution in [2.24, 2.45) is 11.3 Å². The third-order valence-corrected chi connectivity index (χ3v) is 3.43. The third-order valence-electron chi connectivity index (χ3n) is 3.43. The zero-order chi connectivity index (χ0) is 14.5. The zero-order valence-electron chi connectivity index (χ0n) is 12.6. The first-order valence-corrected chi connectivity index (χ1v) is 7.06. The molecule has 0 fully saturated rings. The van der Waals surface area contributed by atoms with Crippen LogP contribution in [0.1, 0.15) is 51.2 Å². The Morgan fingerprint density at radius 2 is 1.79 bits per heavy atom. The van der Waals surface area contributed by atoms with E-state index in [1.54, 1.807) is 0 Å². The Balaban J connectivity index is 2.53. The van der Waals surface area contributed by atoms with Crippen molar-refractivity contribution in [3.63, 3.8) is 0 Å². The summed E-state index contributed by atoms with van der Waals surface area (Å²) in [4.78, 5) is 11.3. The fraction of sp³-hybridized carbons (Fsp3) is 0.588. The van der Waals surface area contributed by atoms with Crippen LogP contribution in [0.3, 0.4) is 0 Å². The minimum absolute atomic E-state index is 0.259. The van der Waals surface area contributed by atoms with Crippen LogP contribution in [0, 0.1) is 18.3 Å². The number of hydrogen-bond acceptors (Lipinski definition) is 1. The lowest BCUT2D eigenvalue weighted by molar-refractivity contribution is -0.142. The van der Waals surface area contributed by atoms with Gasteiger partial charge >= 0.3 is 5.97 Å². The lowest BCUT2D eigenvalue weighted by atomic mass is 9.86. The molecule has 2 nitrogen and oxygen atoms in total. The summed E-state index contributed by atoms with van der Waals surface area (Å²) in [6, 6.07) is 8.16. The maximum absolute atomic E-state index is 11.3. The molecular formula is C17H26O2. The SMILES string of the molecule is Cc1ccc(CC(CCCC(C)(C)C)C(=O)O)cc1. The van der Waals surface area contributed by atoms with Crippen LogP contribution in [0.5, 0.6) is 0 Å². The molecule has 0 saturated heterocycles. The topological polar surface area (TPSA) is 37.3 Å². The summed E-state index contributed by atoms with van der Waals surface area (Å²) in [5.41, 5.74) is 2.62. The van der Waals surface area contributed by atoms with E-state index in [0.29, 0.717) is 6.42 Å². The molecule has 19 heavy (non-hydrogen) atoms. The summed E-state index contributed by atoms with van der Waals surface area (Å²) < 4.78 is 0. The van der Waals surface area contributed by atoms with Gasteiger partial charge < -0.3 is 5.11 Å². The summed E-state index contributed by atoms with van der Waals surface area (Å²) in [7, 11) is 0. The monoisotopic (exact) mass is 262 g/mol. The molecule has 1 N–H and O–H groups in total. The minimum atomic E-state index is -0.672. The molecule has 1 aromatic carbocycles. The summed E-state index contributed by atoms with van der Waals surface area (Å²) in [6.45, 7) is 8.63. The van der Waals surface area contributed by atoms with Crippen LogP contribution in [0.2, 0.25) is 0 Å². The van der Waals surface area contributed by atoms with Gasteiger partial charge in [-0.3, -0.25) is 4.79 Å². The molecule has 0 amide bonds. The fourth-order valence-electron chi connectivity index (χ4n) is 2.20. The van der Waals surface area contributed by atoms with E-state index in [2.05, 4.69) is 20.8 Å².